The number of carbonyl (C=O) groups excluding carboxylic acids is 1. The van der Waals surface area contributed by atoms with Crippen molar-refractivity contribution in [1.82, 2.24) is 14.9 Å². The Balaban J connectivity index is 1.88. The summed E-state index contributed by atoms with van der Waals surface area (Å²) in [5.74, 6) is 0.124. The number of hydrogen-bond donors (Lipinski definition) is 1. The quantitative estimate of drug-likeness (QED) is 0.354. The number of thioether (sulfide) groups is 1. The molecule has 0 saturated heterocycles. The number of amides is 1. The number of aryl methyl sites for hydroxylation is 1. The Labute approximate surface area is 182 Å². The van der Waals surface area contributed by atoms with E-state index in [0.717, 1.165) is 21.7 Å². The van der Waals surface area contributed by atoms with Gasteiger partial charge in [0.25, 0.3) is 5.56 Å². The first-order valence-electron chi connectivity index (χ1n) is 9.66. The minimum atomic E-state index is -0.119. The van der Waals surface area contributed by atoms with Crippen molar-refractivity contribution in [3.8, 4) is 16.1 Å². The number of para-hydroxylation sites is 1. The predicted octanol–water partition coefficient (Wildman–Crippen LogP) is 4.65. The van der Waals surface area contributed by atoms with Crippen LogP contribution in [0.15, 0.2) is 70.6 Å². The summed E-state index contributed by atoms with van der Waals surface area (Å²) in [4.78, 5) is 32.0. The molecule has 0 bridgehead atoms. The number of hydrogen-bond acceptors (Lipinski definition) is 5. The molecule has 0 spiro atoms. The molecule has 0 aliphatic carbocycles. The van der Waals surface area contributed by atoms with Gasteiger partial charge in [-0.2, -0.15) is 0 Å². The van der Waals surface area contributed by atoms with Crippen molar-refractivity contribution >= 4 is 39.2 Å². The largest absolute Gasteiger partial charge is 0.356 e. The van der Waals surface area contributed by atoms with E-state index in [1.54, 1.807) is 4.57 Å². The second-order valence-corrected chi connectivity index (χ2v) is 8.73. The summed E-state index contributed by atoms with van der Waals surface area (Å²) in [6.07, 6.45) is 0. The molecule has 1 amide bonds. The molecule has 0 unspecified atom stereocenters. The van der Waals surface area contributed by atoms with Crippen molar-refractivity contribution in [2.45, 2.75) is 19.0 Å². The summed E-state index contributed by atoms with van der Waals surface area (Å²) in [5.41, 5.74) is 2.69. The fraction of sp³-hybridized carbons (Fsp3) is 0.174. The Morgan fingerprint density at radius 2 is 1.87 bits per heavy atom. The van der Waals surface area contributed by atoms with Gasteiger partial charge in [0.15, 0.2) is 5.16 Å². The number of rotatable bonds is 6. The highest BCUT2D eigenvalue weighted by atomic mass is 32.2. The van der Waals surface area contributed by atoms with Gasteiger partial charge in [0.05, 0.1) is 16.8 Å². The van der Waals surface area contributed by atoms with Crippen LogP contribution < -0.4 is 10.9 Å². The van der Waals surface area contributed by atoms with Crippen LogP contribution >= 0.6 is 23.1 Å². The predicted molar refractivity (Wildman–Crippen MR) is 125 cm³/mol. The maximum absolute atomic E-state index is 13.5. The lowest BCUT2D eigenvalue weighted by molar-refractivity contribution is -0.118. The molecule has 2 aromatic heterocycles. The van der Waals surface area contributed by atoms with Gasteiger partial charge in [0.2, 0.25) is 5.91 Å². The summed E-state index contributed by atoms with van der Waals surface area (Å²) in [5, 5.41) is 3.90. The monoisotopic (exact) mass is 435 g/mol. The summed E-state index contributed by atoms with van der Waals surface area (Å²) >= 11 is 2.77. The molecule has 4 rings (SSSR count). The molecule has 7 heteroatoms. The average molecular weight is 436 g/mol. The average Bonchev–Trinajstić information content (AvgIpc) is 3.19. The lowest BCUT2D eigenvalue weighted by Gasteiger charge is -2.14. The highest BCUT2D eigenvalue weighted by molar-refractivity contribution is 7.99. The van der Waals surface area contributed by atoms with Crippen LogP contribution in [0.4, 0.5) is 0 Å². The number of thiophene rings is 1. The molecular weight excluding hydrogens is 414 g/mol. The van der Waals surface area contributed by atoms with Crippen molar-refractivity contribution in [2.24, 2.45) is 0 Å². The van der Waals surface area contributed by atoms with Crippen LogP contribution in [0.1, 0.15) is 12.5 Å². The van der Waals surface area contributed by atoms with Crippen LogP contribution in [0.5, 0.6) is 0 Å². The SMILES string of the molecule is CCNC(=O)CSc1nc2sc(-c3ccccc3)cc2c(=O)n1-c1ccccc1C. The number of nitrogens with zero attached hydrogens (tertiary/aromatic N) is 2. The number of fused-ring (bicyclic) bond motifs is 1. The van der Waals surface area contributed by atoms with Crippen molar-refractivity contribution in [3.05, 3.63) is 76.6 Å². The van der Waals surface area contributed by atoms with Crippen LogP contribution in [-0.2, 0) is 4.79 Å². The van der Waals surface area contributed by atoms with Crippen LogP contribution in [-0.4, -0.2) is 27.8 Å². The standard InChI is InChI=1S/C23H21N3O2S2/c1-3-24-20(27)14-29-23-25-21-17(13-19(30-21)16-10-5-4-6-11-16)22(28)26(23)18-12-8-7-9-15(18)2/h4-13H,3,14H2,1-2H3,(H,24,27). The van der Waals surface area contributed by atoms with E-state index >= 15 is 0 Å². The zero-order valence-electron chi connectivity index (χ0n) is 16.7. The molecule has 0 atom stereocenters. The fourth-order valence-electron chi connectivity index (χ4n) is 3.21. The van der Waals surface area contributed by atoms with E-state index in [0.29, 0.717) is 21.9 Å². The molecule has 4 aromatic rings. The molecule has 30 heavy (non-hydrogen) atoms. The minimum absolute atomic E-state index is 0.0793. The van der Waals surface area contributed by atoms with Crippen molar-refractivity contribution in [1.29, 1.82) is 0 Å². The third kappa shape index (κ3) is 4.04. The van der Waals surface area contributed by atoms with Gasteiger partial charge in [-0.15, -0.1) is 11.3 Å². The number of carbonyl (C=O) groups is 1. The Morgan fingerprint density at radius 1 is 1.13 bits per heavy atom. The Hall–Kier alpha value is -2.90. The highest BCUT2D eigenvalue weighted by Gasteiger charge is 2.18. The fourth-order valence-corrected chi connectivity index (χ4v) is 5.12. The van der Waals surface area contributed by atoms with Crippen molar-refractivity contribution < 1.29 is 4.79 Å². The Kier molecular flexibility index (Phi) is 6.01. The number of nitrogens with one attached hydrogen (secondary N) is 1. The van der Waals surface area contributed by atoms with Crippen LogP contribution in [0.2, 0.25) is 0 Å². The van der Waals surface area contributed by atoms with Gasteiger partial charge >= 0.3 is 0 Å². The maximum atomic E-state index is 13.5. The second kappa shape index (κ2) is 8.85. The van der Waals surface area contributed by atoms with Gasteiger partial charge in [-0.05, 0) is 37.1 Å². The minimum Gasteiger partial charge on any atom is -0.356 e. The maximum Gasteiger partial charge on any atom is 0.267 e. The van der Waals surface area contributed by atoms with Crippen LogP contribution in [0.3, 0.4) is 0 Å². The van der Waals surface area contributed by atoms with Gasteiger partial charge in [0, 0.05) is 11.4 Å². The molecule has 0 radical (unpaired) electrons. The molecule has 0 fully saturated rings. The normalized spacial score (nSPS) is 11.0. The van der Waals surface area contributed by atoms with Gasteiger partial charge in [0.1, 0.15) is 4.83 Å². The third-order valence-corrected chi connectivity index (χ3v) is 6.67. The van der Waals surface area contributed by atoms with E-state index in [9.17, 15) is 9.59 Å². The van der Waals surface area contributed by atoms with Crippen LogP contribution in [0, 0.1) is 6.92 Å². The topological polar surface area (TPSA) is 64.0 Å². The molecule has 0 aliphatic heterocycles. The highest BCUT2D eigenvalue weighted by Crippen LogP contribution is 2.33. The van der Waals surface area contributed by atoms with E-state index in [2.05, 4.69) is 5.32 Å². The molecule has 152 valence electrons. The van der Waals surface area contributed by atoms with Crippen molar-refractivity contribution in [3.63, 3.8) is 0 Å². The molecule has 5 nitrogen and oxygen atoms in total. The molecule has 0 aliphatic rings. The third-order valence-electron chi connectivity index (χ3n) is 4.66. The lowest BCUT2D eigenvalue weighted by Crippen LogP contribution is -2.26. The number of benzene rings is 2. The van der Waals surface area contributed by atoms with E-state index in [1.807, 2.05) is 74.5 Å². The van der Waals surface area contributed by atoms with Gasteiger partial charge in [-0.25, -0.2) is 4.98 Å². The van der Waals surface area contributed by atoms with E-state index in [1.165, 1.54) is 23.1 Å². The lowest BCUT2D eigenvalue weighted by atomic mass is 10.2. The summed E-state index contributed by atoms with van der Waals surface area (Å²) in [6.45, 7) is 4.42. The second-order valence-electron chi connectivity index (χ2n) is 6.76. The first-order valence-corrected chi connectivity index (χ1v) is 11.5. The van der Waals surface area contributed by atoms with E-state index in [4.69, 9.17) is 4.98 Å². The Morgan fingerprint density at radius 3 is 2.60 bits per heavy atom. The summed E-state index contributed by atoms with van der Waals surface area (Å²) in [7, 11) is 0. The summed E-state index contributed by atoms with van der Waals surface area (Å²) in [6, 6.07) is 19.6. The van der Waals surface area contributed by atoms with E-state index in [-0.39, 0.29) is 17.2 Å². The Bertz CT molecular complexity index is 1260. The first kappa shape index (κ1) is 20.4. The zero-order valence-corrected chi connectivity index (χ0v) is 18.3. The van der Waals surface area contributed by atoms with Crippen LogP contribution in [0.25, 0.3) is 26.3 Å². The zero-order chi connectivity index (χ0) is 21.1. The van der Waals surface area contributed by atoms with Gasteiger partial charge in [-0.1, -0.05) is 60.3 Å². The molecule has 2 heterocycles. The first-order chi connectivity index (χ1) is 14.6. The molecule has 2 aromatic carbocycles. The molecule has 0 saturated carbocycles. The smallest absolute Gasteiger partial charge is 0.267 e. The van der Waals surface area contributed by atoms with E-state index < -0.39 is 0 Å². The van der Waals surface area contributed by atoms with Crippen molar-refractivity contribution in [2.75, 3.05) is 12.3 Å². The molecular formula is C23H21N3O2S2. The number of aromatic nitrogens is 2. The van der Waals surface area contributed by atoms with Gasteiger partial charge < -0.3 is 5.32 Å². The summed E-state index contributed by atoms with van der Waals surface area (Å²) < 4.78 is 1.63. The van der Waals surface area contributed by atoms with Gasteiger partial charge in [-0.3, -0.25) is 14.2 Å². The molecule has 1 N–H and O–H groups in total.